The van der Waals surface area contributed by atoms with E-state index in [1.807, 2.05) is 0 Å². The fraction of sp³-hybridized carbons (Fsp3) is 0.286. The molecule has 72 valence electrons. The Balaban J connectivity index is 3.25. The fourth-order valence-electron chi connectivity index (χ4n) is 0.874. The second-order valence-electron chi connectivity index (χ2n) is 2.36. The number of hydrogen-bond donors (Lipinski definition) is 2. The van der Waals surface area contributed by atoms with Crippen molar-refractivity contribution < 1.29 is 13.9 Å². The molecule has 3 nitrogen and oxygen atoms in total. The van der Waals surface area contributed by atoms with Crippen molar-refractivity contribution in [3.8, 4) is 0 Å². The van der Waals surface area contributed by atoms with Gasteiger partial charge in [-0.3, -0.25) is 0 Å². The molecule has 1 aromatic heterocycles. The summed E-state index contributed by atoms with van der Waals surface area (Å²) in [5, 5.41) is 8.73. The first-order chi connectivity index (χ1) is 6.06. The number of halogens is 3. The largest absolute Gasteiger partial charge is 0.397 e. The normalized spacial score (nSPS) is 10.8. The van der Waals surface area contributed by atoms with E-state index in [0.717, 1.165) is 6.07 Å². The third kappa shape index (κ3) is 2.13. The van der Waals surface area contributed by atoms with E-state index in [9.17, 15) is 8.78 Å². The number of alkyl halides is 2. The van der Waals surface area contributed by atoms with Crippen molar-refractivity contribution in [2.75, 3.05) is 5.73 Å². The summed E-state index contributed by atoms with van der Waals surface area (Å²) in [6.45, 7) is -0.529. The molecule has 0 aliphatic carbocycles. The Morgan fingerprint density at radius 3 is 2.69 bits per heavy atom. The lowest BCUT2D eigenvalue weighted by atomic mass is 10.2. The lowest BCUT2D eigenvalue weighted by Gasteiger charge is -2.07. The van der Waals surface area contributed by atoms with E-state index in [1.165, 1.54) is 0 Å². The molecular weight excluding hydrogens is 246 g/mol. The minimum atomic E-state index is -2.68. The van der Waals surface area contributed by atoms with Gasteiger partial charge < -0.3 is 10.8 Å². The van der Waals surface area contributed by atoms with Crippen molar-refractivity contribution in [1.82, 2.24) is 4.98 Å². The van der Waals surface area contributed by atoms with Gasteiger partial charge in [-0.2, -0.15) is 0 Å². The lowest BCUT2D eigenvalue weighted by Crippen LogP contribution is -2.02. The van der Waals surface area contributed by atoms with Gasteiger partial charge in [-0.25, -0.2) is 13.8 Å². The molecule has 0 radical (unpaired) electrons. The van der Waals surface area contributed by atoms with E-state index >= 15 is 0 Å². The zero-order valence-corrected chi connectivity index (χ0v) is 8.05. The van der Waals surface area contributed by atoms with Crippen molar-refractivity contribution in [3.63, 3.8) is 0 Å². The second kappa shape index (κ2) is 3.97. The molecule has 3 N–H and O–H groups in total. The van der Waals surface area contributed by atoms with Gasteiger partial charge >= 0.3 is 0 Å². The molecule has 1 aromatic rings. The molecule has 0 aliphatic heterocycles. The number of aliphatic hydroxyl groups excluding tert-OH is 1. The molecule has 13 heavy (non-hydrogen) atoms. The smallest absolute Gasteiger partial charge is 0.265 e. The molecule has 1 rings (SSSR count). The van der Waals surface area contributed by atoms with E-state index in [0.29, 0.717) is 0 Å². The van der Waals surface area contributed by atoms with Crippen molar-refractivity contribution in [2.45, 2.75) is 13.0 Å². The molecule has 0 saturated heterocycles. The lowest BCUT2D eigenvalue weighted by molar-refractivity contribution is 0.146. The van der Waals surface area contributed by atoms with Crippen LogP contribution in [0.2, 0.25) is 0 Å². The van der Waals surface area contributed by atoms with Gasteiger partial charge in [0.15, 0.2) is 0 Å². The molecule has 0 saturated carbocycles. The highest BCUT2D eigenvalue weighted by Crippen LogP contribution is 2.27. The summed E-state index contributed by atoms with van der Waals surface area (Å²) in [6.07, 6.45) is -2.68. The number of aliphatic hydroxyl groups is 1. The van der Waals surface area contributed by atoms with Gasteiger partial charge in [-0.15, -0.1) is 0 Å². The molecule has 0 amide bonds. The third-order valence-electron chi connectivity index (χ3n) is 1.50. The van der Waals surface area contributed by atoms with Gasteiger partial charge in [0.2, 0.25) is 0 Å². The minimum Gasteiger partial charge on any atom is -0.397 e. The Hall–Kier alpha value is -0.750. The van der Waals surface area contributed by atoms with E-state index in [2.05, 4.69) is 20.9 Å². The van der Waals surface area contributed by atoms with Crippen LogP contribution >= 0.6 is 15.9 Å². The Morgan fingerprint density at radius 2 is 2.23 bits per heavy atom. The van der Waals surface area contributed by atoms with Gasteiger partial charge in [0.1, 0.15) is 4.60 Å². The van der Waals surface area contributed by atoms with Crippen LogP contribution in [-0.2, 0) is 6.61 Å². The number of pyridine rings is 1. The minimum absolute atomic E-state index is 0.0592. The molecule has 6 heteroatoms. The SMILES string of the molecule is Nc1cc(C(F)F)c(CO)nc1Br. The standard InChI is InChI=1S/C7H7BrF2N2O/c8-6-4(11)1-3(7(9)10)5(2-13)12-6/h1,7,13H,2,11H2. The van der Waals surface area contributed by atoms with Gasteiger partial charge in [-0.05, 0) is 22.0 Å². The number of hydrogen-bond acceptors (Lipinski definition) is 3. The monoisotopic (exact) mass is 252 g/mol. The quantitative estimate of drug-likeness (QED) is 0.791. The van der Waals surface area contributed by atoms with Crippen LogP contribution in [0.5, 0.6) is 0 Å². The average molecular weight is 253 g/mol. The van der Waals surface area contributed by atoms with Gasteiger partial charge in [-0.1, -0.05) is 0 Å². The van der Waals surface area contributed by atoms with Gasteiger partial charge in [0.25, 0.3) is 6.43 Å². The summed E-state index contributed by atoms with van der Waals surface area (Å²) < 4.78 is 24.9. The highest BCUT2D eigenvalue weighted by Gasteiger charge is 2.15. The molecular formula is C7H7BrF2N2O. The van der Waals surface area contributed by atoms with Crippen LogP contribution in [0.25, 0.3) is 0 Å². The summed E-state index contributed by atoms with van der Waals surface area (Å²) in [5.74, 6) is 0. The summed E-state index contributed by atoms with van der Waals surface area (Å²) in [7, 11) is 0. The third-order valence-corrected chi connectivity index (χ3v) is 2.14. The zero-order valence-electron chi connectivity index (χ0n) is 6.47. The van der Waals surface area contributed by atoms with Gasteiger partial charge in [0.05, 0.1) is 18.0 Å². The number of anilines is 1. The summed E-state index contributed by atoms with van der Waals surface area (Å²) in [4.78, 5) is 3.67. The van der Waals surface area contributed by atoms with E-state index < -0.39 is 13.0 Å². The molecule has 0 aliphatic rings. The number of nitrogen functional groups attached to an aromatic ring is 1. The van der Waals surface area contributed by atoms with Crippen LogP contribution in [0.15, 0.2) is 10.7 Å². The van der Waals surface area contributed by atoms with Gasteiger partial charge in [0, 0.05) is 5.56 Å². The van der Waals surface area contributed by atoms with Crippen LogP contribution < -0.4 is 5.73 Å². The zero-order chi connectivity index (χ0) is 10.0. The number of nitrogens with two attached hydrogens (primary N) is 1. The van der Waals surface area contributed by atoms with Crippen molar-refractivity contribution >= 4 is 21.6 Å². The van der Waals surface area contributed by atoms with Crippen molar-refractivity contribution in [3.05, 3.63) is 21.9 Å². The maximum Gasteiger partial charge on any atom is 0.265 e. The molecule has 0 atom stereocenters. The Kier molecular flexibility index (Phi) is 3.16. The summed E-state index contributed by atoms with van der Waals surface area (Å²) in [6, 6.07) is 1.10. The van der Waals surface area contributed by atoms with Crippen LogP contribution in [0.1, 0.15) is 17.7 Å². The Morgan fingerprint density at radius 1 is 1.62 bits per heavy atom. The van der Waals surface area contributed by atoms with Crippen LogP contribution in [0.3, 0.4) is 0 Å². The van der Waals surface area contributed by atoms with Crippen LogP contribution in [0, 0.1) is 0 Å². The van der Waals surface area contributed by atoms with Crippen LogP contribution in [-0.4, -0.2) is 10.1 Å². The average Bonchev–Trinajstić information content (AvgIpc) is 2.08. The highest BCUT2D eigenvalue weighted by molar-refractivity contribution is 9.10. The maximum atomic E-state index is 12.3. The van der Waals surface area contributed by atoms with Crippen molar-refractivity contribution in [1.29, 1.82) is 0 Å². The van der Waals surface area contributed by atoms with E-state index in [4.69, 9.17) is 10.8 Å². The topological polar surface area (TPSA) is 59.1 Å². The first kappa shape index (κ1) is 10.3. The molecule has 0 aromatic carbocycles. The molecule has 0 bridgehead atoms. The molecule has 0 fully saturated rings. The predicted octanol–water partition coefficient (Wildman–Crippen LogP) is 1.86. The van der Waals surface area contributed by atoms with E-state index in [-0.39, 0.29) is 21.5 Å². The first-order valence-electron chi connectivity index (χ1n) is 3.40. The second-order valence-corrected chi connectivity index (χ2v) is 3.11. The predicted molar refractivity (Wildman–Crippen MR) is 47.2 cm³/mol. The first-order valence-corrected chi connectivity index (χ1v) is 4.19. The Bertz CT molecular complexity index is 320. The summed E-state index contributed by atoms with van der Waals surface area (Å²) in [5.41, 5.74) is 5.10. The summed E-state index contributed by atoms with van der Waals surface area (Å²) >= 11 is 2.98. The Labute approximate surface area is 81.7 Å². The number of nitrogens with zero attached hydrogens (tertiary/aromatic N) is 1. The number of aromatic nitrogens is 1. The van der Waals surface area contributed by atoms with E-state index in [1.54, 1.807) is 0 Å². The maximum absolute atomic E-state index is 12.3. The fourth-order valence-corrected chi connectivity index (χ4v) is 1.20. The molecule has 1 heterocycles. The molecule has 0 spiro atoms. The van der Waals surface area contributed by atoms with Crippen LogP contribution in [0.4, 0.5) is 14.5 Å². The number of rotatable bonds is 2. The highest BCUT2D eigenvalue weighted by atomic mass is 79.9. The molecule has 0 unspecified atom stereocenters. The van der Waals surface area contributed by atoms with Crippen molar-refractivity contribution in [2.24, 2.45) is 0 Å².